The minimum atomic E-state index is 0.0315. The van der Waals surface area contributed by atoms with Crippen LogP contribution in [0.15, 0.2) is 10.7 Å². The SMILES string of the molecule is COCCC(NN)c1c(Br)cnn1CCN(C)C. The van der Waals surface area contributed by atoms with Crippen molar-refractivity contribution in [2.45, 2.75) is 19.0 Å². The molecule has 0 aromatic carbocycles. The molecule has 1 rings (SSSR count). The molecule has 0 saturated carbocycles. The first-order valence-corrected chi connectivity index (χ1v) is 6.70. The topological polar surface area (TPSA) is 68.3 Å². The summed E-state index contributed by atoms with van der Waals surface area (Å²) < 4.78 is 8.05. The van der Waals surface area contributed by atoms with E-state index in [0.29, 0.717) is 6.61 Å². The van der Waals surface area contributed by atoms with Gasteiger partial charge in [-0.15, -0.1) is 0 Å². The Morgan fingerprint density at radius 3 is 2.89 bits per heavy atom. The van der Waals surface area contributed by atoms with Gasteiger partial charge in [0, 0.05) is 20.3 Å². The largest absolute Gasteiger partial charge is 0.385 e. The molecule has 0 aliphatic heterocycles. The zero-order valence-corrected chi connectivity index (χ0v) is 12.8. The van der Waals surface area contributed by atoms with Gasteiger partial charge < -0.3 is 9.64 Å². The van der Waals surface area contributed by atoms with Gasteiger partial charge in [-0.1, -0.05) is 0 Å². The smallest absolute Gasteiger partial charge is 0.0710 e. The van der Waals surface area contributed by atoms with E-state index < -0.39 is 0 Å². The van der Waals surface area contributed by atoms with Crippen LogP contribution in [-0.2, 0) is 11.3 Å². The van der Waals surface area contributed by atoms with E-state index in [9.17, 15) is 0 Å². The normalized spacial score (nSPS) is 13.2. The van der Waals surface area contributed by atoms with Crippen LogP contribution in [0.1, 0.15) is 18.2 Å². The second-order valence-corrected chi connectivity index (χ2v) is 5.26. The molecule has 1 aromatic rings. The Bertz CT molecular complexity index is 355. The summed E-state index contributed by atoms with van der Waals surface area (Å²) in [7, 11) is 5.77. The third-order valence-electron chi connectivity index (χ3n) is 2.73. The molecule has 1 heterocycles. The maximum atomic E-state index is 5.62. The number of nitrogens with two attached hydrogens (primary N) is 1. The number of halogens is 1. The van der Waals surface area contributed by atoms with Gasteiger partial charge in [0.25, 0.3) is 0 Å². The van der Waals surface area contributed by atoms with E-state index in [0.717, 1.165) is 29.7 Å². The van der Waals surface area contributed by atoms with E-state index in [1.807, 2.05) is 25.0 Å². The summed E-state index contributed by atoms with van der Waals surface area (Å²) in [6, 6.07) is 0.0315. The first kappa shape index (κ1) is 15.6. The van der Waals surface area contributed by atoms with Crippen molar-refractivity contribution in [1.82, 2.24) is 20.1 Å². The lowest BCUT2D eigenvalue weighted by molar-refractivity contribution is 0.181. The van der Waals surface area contributed by atoms with Gasteiger partial charge in [0.05, 0.1) is 29.0 Å². The number of rotatable bonds is 8. The lowest BCUT2D eigenvalue weighted by Gasteiger charge is -2.19. The number of aromatic nitrogens is 2. The third-order valence-corrected chi connectivity index (χ3v) is 3.35. The van der Waals surface area contributed by atoms with E-state index in [1.54, 1.807) is 7.11 Å². The summed E-state index contributed by atoms with van der Waals surface area (Å²) in [5.74, 6) is 5.62. The van der Waals surface area contributed by atoms with Crippen molar-refractivity contribution in [3.05, 3.63) is 16.4 Å². The molecule has 0 spiro atoms. The molecule has 3 N–H and O–H groups in total. The van der Waals surface area contributed by atoms with Gasteiger partial charge in [-0.2, -0.15) is 5.10 Å². The van der Waals surface area contributed by atoms with E-state index in [4.69, 9.17) is 10.6 Å². The minimum absolute atomic E-state index is 0.0315. The highest BCUT2D eigenvalue weighted by Crippen LogP contribution is 2.25. The average Bonchev–Trinajstić information content (AvgIpc) is 2.70. The fourth-order valence-corrected chi connectivity index (χ4v) is 2.30. The zero-order valence-electron chi connectivity index (χ0n) is 11.2. The Morgan fingerprint density at radius 1 is 1.61 bits per heavy atom. The first-order chi connectivity index (χ1) is 8.60. The minimum Gasteiger partial charge on any atom is -0.385 e. The number of methoxy groups -OCH3 is 1. The summed E-state index contributed by atoms with van der Waals surface area (Å²) >= 11 is 3.52. The molecule has 1 atom stereocenters. The van der Waals surface area contributed by atoms with Gasteiger partial charge in [0.15, 0.2) is 0 Å². The van der Waals surface area contributed by atoms with Gasteiger partial charge in [-0.25, -0.2) is 0 Å². The van der Waals surface area contributed by atoms with Gasteiger partial charge in [0.2, 0.25) is 0 Å². The van der Waals surface area contributed by atoms with Crippen molar-refractivity contribution >= 4 is 15.9 Å². The van der Waals surface area contributed by atoms with Crippen molar-refractivity contribution < 1.29 is 4.74 Å². The second-order valence-electron chi connectivity index (χ2n) is 4.40. The highest BCUT2D eigenvalue weighted by Gasteiger charge is 2.18. The standard InChI is InChI=1S/C11H22BrN5O/c1-16(2)5-6-17-11(9(12)8-14-17)10(15-13)4-7-18-3/h8,10,15H,4-7,13H2,1-3H3. The summed E-state index contributed by atoms with van der Waals surface area (Å²) in [6.45, 7) is 2.42. The van der Waals surface area contributed by atoms with Crippen LogP contribution >= 0.6 is 15.9 Å². The molecule has 0 aliphatic rings. The molecule has 0 fully saturated rings. The number of nitrogens with one attached hydrogen (secondary N) is 1. The van der Waals surface area contributed by atoms with Crippen LogP contribution < -0.4 is 11.3 Å². The van der Waals surface area contributed by atoms with Crippen LogP contribution in [0, 0.1) is 0 Å². The lowest BCUT2D eigenvalue weighted by Crippen LogP contribution is -2.32. The van der Waals surface area contributed by atoms with Crippen LogP contribution in [0.2, 0.25) is 0 Å². The van der Waals surface area contributed by atoms with Crippen LogP contribution in [0.25, 0.3) is 0 Å². The van der Waals surface area contributed by atoms with Crippen molar-refractivity contribution in [3.8, 4) is 0 Å². The summed E-state index contributed by atoms with van der Waals surface area (Å²) in [5.41, 5.74) is 3.89. The Morgan fingerprint density at radius 2 is 2.33 bits per heavy atom. The van der Waals surface area contributed by atoms with Gasteiger partial charge in [-0.3, -0.25) is 16.0 Å². The Balaban J connectivity index is 2.80. The summed E-state index contributed by atoms with van der Waals surface area (Å²) in [6.07, 6.45) is 2.61. The van der Waals surface area contributed by atoms with Crippen molar-refractivity contribution in [2.24, 2.45) is 5.84 Å². The number of ether oxygens (including phenoxy) is 1. The van der Waals surface area contributed by atoms with Crippen LogP contribution in [0.5, 0.6) is 0 Å². The van der Waals surface area contributed by atoms with E-state index in [1.165, 1.54) is 0 Å². The molecule has 1 aromatic heterocycles. The highest BCUT2D eigenvalue weighted by atomic mass is 79.9. The zero-order chi connectivity index (χ0) is 13.5. The Kier molecular flexibility index (Phi) is 6.80. The fraction of sp³-hybridized carbons (Fsp3) is 0.727. The van der Waals surface area contributed by atoms with Crippen molar-refractivity contribution in [3.63, 3.8) is 0 Å². The molecule has 0 amide bonds. The molecule has 0 aliphatic carbocycles. The predicted molar refractivity (Wildman–Crippen MR) is 75.0 cm³/mol. The number of hydrogen-bond donors (Lipinski definition) is 2. The Hall–Kier alpha value is -0.470. The molecule has 7 heteroatoms. The molecule has 1 unspecified atom stereocenters. The summed E-state index contributed by atoms with van der Waals surface area (Å²) in [5, 5.41) is 4.37. The van der Waals surface area contributed by atoms with Gasteiger partial charge >= 0.3 is 0 Å². The average molecular weight is 320 g/mol. The summed E-state index contributed by atoms with van der Waals surface area (Å²) in [4.78, 5) is 2.12. The van der Waals surface area contributed by atoms with Gasteiger partial charge in [0.1, 0.15) is 0 Å². The predicted octanol–water partition coefficient (Wildman–Crippen LogP) is 0.748. The second kappa shape index (κ2) is 7.85. The lowest BCUT2D eigenvalue weighted by atomic mass is 10.1. The molecular formula is C11H22BrN5O. The quantitative estimate of drug-likeness (QED) is 0.546. The van der Waals surface area contributed by atoms with Crippen LogP contribution in [-0.4, -0.2) is 49.0 Å². The Labute approximate surface area is 117 Å². The molecule has 0 saturated heterocycles. The molecular weight excluding hydrogens is 298 g/mol. The third kappa shape index (κ3) is 4.33. The molecule has 104 valence electrons. The van der Waals surface area contributed by atoms with Crippen LogP contribution in [0.4, 0.5) is 0 Å². The van der Waals surface area contributed by atoms with E-state index >= 15 is 0 Å². The van der Waals surface area contributed by atoms with E-state index in [-0.39, 0.29) is 6.04 Å². The number of likely N-dealkylation sites (N-methyl/N-ethyl adjacent to an activating group) is 1. The number of hydrogen-bond acceptors (Lipinski definition) is 5. The first-order valence-electron chi connectivity index (χ1n) is 5.91. The monoisotopic (exact) mass is 319 g/mol. The molecule has 6 nitrogen and oxygen atoms in total. The molecule has 0 bridgehead atoms. The number of hydrazine groups is 1. The van der Waals surface area contributed by atoms with Crippen molar-refractivity contribution in [1.29, 1.82) is 0 Å². The highest BCUT2D eigenvalue weighted by molar-refractivity contribution is 9.10. The maximum Gasteiger partial charge on any atom is 0.0710 e. The van der Waals surface area contributed by atoms with Crippen LogP contribution in [0.3, 0.4) is 0 Å². The van der Waals surface area contributed by atoms with Crippen molar-refractivity contribution in [2.75, 3.05) is 34.4 Å². The van der Waals surface area contributed by atoms with Gasteiger partial charge in [-0.05, 0) is 36.4 Å². The fourth-order valence-electron chi connectivity index (χ4n) is 1.73. The number of nitrogens with zero attached hydrogens (tertiary/aromatic N) is 3. The molecule has 0 radical (unpaired) electrons. The maximum absolute atomic E-state index is 5.62. The van der Waals surface area contributed by atoms with E-state index in [2.05, 4.69) is 31.4 Å². The molecule has 18 heavy (non-hydrogen) atoms.